The molecule has 0 N–H and O–H groups in total. The van der Waals surface area contributed by atoms with Crippen LogP contribution in [-0.2, 0) is 28.8 Å². The van der Waals surface area contributed by atoms with E-state index in [0.717, 1.165) is 45.3 Å². The number of rotatable bonds is 6. The van der Waals surface area contributed by atoms with Crippen molar-refractivity contribution < 1.29 is 26.8 Å². The molecule has 0 spiro atoms. The molecule has 8 aromatic carbocycles. The van der Waals surface area contributed by atoms with E-state index in [1.165, 1.54) is 77.2 Å². The predicted octanol–water partition coefficient (Wildman–Crippen LogP) is 20.3. The third-order valence-electron chi connectivity index (χ3n) is 13.4. The van der Waals surface area contributed by atoms with Gasteiger partial charge in [-0.3, -0.25) is 0 Å². The molecule has 0 aliphatic rings. The molecule has 2 nitrogen and oxygen atoms in total. The summed E-state index contributed by atoms with van der Waals surface area (Å²) < 4.78 is 12.5. The van der Waals surface area contributed by atoms with Gasteiger partial charge >= 0.3 is 53.5 Å². The van der Waals surface area contributed by atoms with Crippen LogP contribution in [0.15, 0.2) is 179 Å². The summed E-state index contributed by atoms with van der Waals surface area (Å²) >= 11 is -1.65. The Morgan fingerprint density at radius 3 is 1.07 bits per heavy atom. The molecule has 0 atom stereocenters. The molecule has 0 saturated heterocycles. The first-order chi connectivity index (χ1) is 33.3. The van der Waals surface area contributed by atoms with Gasteiger partial charge in [-0.15, -0.1) is 57.9 Å². The van der Waals surface area contributed by atoms with E-state index in [-0.39, 0.29) is 16.3 Å². The second-order valence-electron chi connectivity index (χ2n) is 20.9. The molecular formula is C64H64Cl2O2SiZr-2. The minimum Gasteiger partial charge on any atom is -0.491 e. The number of halogens is 2. The number of furan rings is 2. The van der Waals surface area contributed by atoms with Gasteiger partial charge in [0.1, 0.15) is 11.5 Å². The summed E-state index contributed by atoms with van der Waals surface area (Å²) in [5.41, 5.74) is 17.7. The smallest absolute Gasteiger partial charge is 0.123 e. The van der Waals surface area contributed by atoms with E-state index in [1.54, 1.807) is 0 Å². The quantitative estimate of drug-likeness (QED) is 0.123. The van der Waals surface area contributed by atoms with Gasteiger partial charge in [0.25, 0.3) is 0 Å². The van der Waals surface area contributed by atoms with Gasteiger partial charge in [0.05, 0.1) is 11.5 Å². The SMILES string of the molecule is C[Si](C)=[Zr]([Cl])[Cl].Cc1cc2[cH-]c(-c3ccc(-c4ccccc4)o3)cc2c(-c2ccc(C(C)(C)C)cc2)c1C.Cc1cc2[cH-]c(-c3ccc(-c4ccccc4)o3)cc2c(-c2ccc(C(C)(C)C)cc2)c1C. The zero-order chi connectivity index (χ0) is 50.1. The second kappa shape index (κ2) is 21.2. The van der Waals surface area contributed by atoms with Crippen molar-refractivity contribution in [2.24, 2.45) is 0 Å². The molecule has 0 radical (unpaired) electrons. The van der Waals surface area contributed by atoms with Gasteiger partial charge in [0.15, 0.2) is 0 Å². The molecule has 0 aliphatic carbocycles. The summed E-state index contributed by atoms with van der Waals surface area (Å²) in [4.78, 5) is 0. The predicted molar refractivity (Wildman–Crippen MR) is 302 cm³/mol. The van der Waals surface area contributed by atoms with Gasteiger partial charge in [-0.1, -0.05) is 184 Å². The Morgan fingerprint density at radius 1 is 0.429 bits per heavy atom. The molecule has 0 fully saturated rings. The summed E-state index contributed by atoms with van der Waals surface area (Å²) in [6.45, 7) is 26.8. The van der Waals surface area contributed by atoms with Crippen molar-refractivity contribution in [3.63, 3.8) is 0 Å². The maximum absolute atomic E-state index is 6.24. The Bertz CT molecular complexity index is 3200. The molecular weight excluding hydrogens is 991 g/mol. The van der Waals surface area contributed by atoms with Gasteiger partial charge in [0, 0.05) is 11.1 Å². The van der Waals surface area contributed by atoms with Crippen LogP contribution in [0, 0.1) is 27.7 Å². The van der Waals surface area contributed by atoms with Crippen molar-refractivity contribution in [3.05, 3.63) is 203 Å². The van der Waals surface area contributed by atoms with Gasteiger partial charge in [-0.05, 0) is 96.2 Å². The first-order valence-corrected chi connectivity index (χ1v) is 36.7. The largest absolute Gasteiger partial charge is 0.491 e. The van der Waals surface area contributed by atoms with Crippen LogP contribution in [0.2, 0.25) is 13.1 Å². The Balaban J connectivity index is 0.000000169. The van der Waals surface area contributed by atoms with Crippen LogP contribution in [0.5, 0.6) is 0 Å². The maximum Gasteiger partial charge on any atom is 0.123 e. The minimum absolute atomic E-state index is 0.152. The molecule has 10 aromatic rings. The zero-order valence-electron chi connectivity index (χ0n) is 42.7. The molecule has 0 saturated carbocycles. The summed E-state index contributed by atoms with van der Waals surface area (Å²) in [5, 5.41) is 5.08. The van der Waals surface area contributed by atoms with Crippen molar-refractivity contribution in [2.45, 2.75) is 93.2 Å². The Hall–Kier alpha value is -5.22. The number of benzene rings is 6. The van der Waals surface area contributed by atoms with Crippen molar-refractivity contribution in [1.82, 2.24) is 0 Å². The van der Waals surface area contributed by atoms with Crippen LogP contribution < -0.4 is 0 Å². The van der Waals surface area contributed by atoms with Crippen LogP contribution in [0.4, 0.5) is 0 Å². The van der Waals surface area contributed by atoms with E-state index in [0.29, 0.717) is 0 Å². The number of fused-ring (bicyclic) bond motifs is 2. The summed E-state index contributed by atoms with van der Waals surface area (Å²) in [5.74, 6) is 3.61. The van der Waals surface area contributed by atoms with E-state index in [1.807, 2.05) is 36.4 Å². The van der Waals surface area contributed by atoms with Crippen LogP contribution in [0.25, 0.3) is 89.1 Å². The average molecular weight is 1060 g/mol. The van der Waals surface area contributed by atoms with E-state index in [9.17, 15) is 0 Å². The van der Waals surface area contributed by atoms with Crippen molar-refractivity contribution in [2.75, 3.05) is 0 Å². The number of hydrogen-bond acceptors (Lipinski definition) is 2. The molecule has 10 rings (SSSR count). The summed E-state index contributed by atoms with van der Waals surface area (Å²) in [6.07, 6.45) is 0. The molecule has 2 aromatic heterocycles. The minimum atomic E-state index is -1.65. The van der Waals surface area contributed by atoms with Crippen LogP contribution in [0.1, 0.15) is 74.9 Å². The van der Waals surface area contributed by atoms with E-state index in [4.69, 9.17) is 25.9 Å². The van der Waals surface area contributed by atoms with Gasteiger partial charge in [-0.25, -0.2) is 0 Å². The fraction of sp³-hybridized carbons (Fsp3) is 0.219. The number of hydrogen-bond donors (Lipinski definition) is 0. The monoisotopic (exact) mass is 1050 g/mol. The Labute approximate surface area is 431 Å². The molecule has 0 amide bonds. The van der Waals surface area contributed by atoms with Crippen LogP contribution >= 0.6 is 17.0 Å². The summed E-state index contributed by atoms with van der Waals surface area (Å²) in [6, 6.07) is 60.6. The second-order valence-corrected chi connectivity index (χ2v) is 43.8. The third kappa shape index (κ3) is 11.4. The Kier molecular flexibility index (Phi) is 15.5. The molecule has 0 bridgehead atoms. The van der Waals surface area contributed by atoms with Gasteiger partial charge < -0.3 is 8.83 Å². The van der Waals surface area contributed by atoms with Crippen molar-refractivity contribution >= 4 is 44.0 Å². The van der Waals surface area contributed by atoms with Crippen molar-refractivity contribution in [3.8, 4) is 67.5 Å². The molecule has 6 heteroatoms. The average Bonchev–Trinajstić information content (AvgIpc) is 4.18. The topological polar surface area (TPSA) is 26.3 Å². The fourth-order valence-electron chi connectivity index (χ4n) is 9.01. The van der Waals surface area contributed by atoms with E-state index in [2.05, 4.69) is 216 Å². The van der Waals surface area contributed by atoms with Crippen LogP contribution in [-0.4, -0.2) is 5.43 Å². The van der Waals surface area contributed by atoms with Gasteiger partial charge in [0.2, 0.25) is 0 Å². The molecule has 0 aliphatic heterocycles. The first-order valence-electron chi connectivity index (χ1n) is 24.2. The standard InChI is InChI=1S/2C31H29O.C2H6Si.2ClH.Zr/c2*1-20-17-24-18-25(29-16-15-28(32-29)22-9-7-6-8-10-22)19-27(24)30(21(20)2)23-11-13-26(14-12-23)31(3,4)5;1-3-2;;;/h2*6-19H,1-5H3;1-2H3;2*1H;/q2*-1;;;;+2/p-2. The first kappa shape index (κ1) is 51.1. The van der Waals surface area contributed by atoms with E-state index < -0.39 is 18.0 Å². The Morgan fingerprint density at radius 2 is 0.757 bits per heavy atom. The molecule has 70 heavy (non-hydrogen) atoms. The van der Waals surface area contributed by atoms with Crippen LogP contribution in [0.3, 0.4) is 0 Å². The number of aryl methyl sites for hydroxylation is 2. The summed E-state index contributed by atoms with van der Waals surface area (Å²) in [7, 11) is 11.2. The maximum atomic E-state index is 6.24. The van der Waals surface area contributed by atoms with Crippen molar-refractivity contribution in [1.29, 1.82) is 0 Å². The molecule has 356 valence electrons. The fourth-order valence-corrected chi connectivity index (χ4v) is 9.01. The molecule has 2 heterocycles. The zero-order valence-corrected chi connectivity index (χ0v) is 47.7. The molecule has 0 unspecified atom stereocenters. The normalized spacial score (nSPS) is 11.6. The third-order valence-corrected chi connectivity index (χ3v) is 33.2. The van der Waals surface area contributed by atoms with Gasteiger partial charge in [-0.2, -0.15) is 0 Å². The van der Waals surface area contributed by atoms with E-state index >= 15 is 0 Å².